The van der Waals surface area contributed by atoms with E-state index in [0.29, 0.717) is 29.3 Å². The Hall–Kier alpha value is -2.65. The summed E-state index contributed by atoms with van der Waals surface area (Å²) in [6, 6.07) is 1.78. The van der Waals surface area contributed by atoms with Crippen LogP contribution in [0.3, 0.4) is 0 Å². The maximum absolute atomic E-state index is 12.5. The van der Waals surface area contributed by atoms with Gasteiger partial charge in [0.15, 0.2) is 0 Å². The van der Waals surface area contributed by atoms with Gasteiger partial charge in [-0.3, -0.25) is 4.79 Å². The lowest BCUT2D eigenvalue weighted by molar-refractivity contribution is -0.163. The molecule has 1 saturated heterocycles. The summed E-state index contributed by atoms with van der Waals surface area (Å²) < 4.78 is 0. The Morgan fingerprint density at radius 2 is 2.10 bits per heavy atom. The van der Waals surface area contributed by atoms with E-state index in [1.165, 1.54) is 11.1 Å². The number of β-lactam (4-membered cyclic amide) rings is 1. The predicted molar refractivity (Wildman–Crippen MR) is 103 cm³/mol. The lowest BCUT2D eigenvalue weighted by Crippen LogP contribution is -2.64. The number of hydrogen-bond acceptors (Lipinski definition) is 5. The molecule has 0 bridgehead atoms. The summed E-state index contributed by atoms with van der Waals surface area (Å²) in [6.45, 7) is 1.55. The predicted octanol–water partition coefficient (Wildman–Crippen LogP) is 1.59. The molecule has 4 rings (SSSR count). The molecule has 3 amide bonds. The standard InChI is InChI=1S/C19H21ClN4O5/c1-8(25)13-15-10-3-2-4-11(14(10)16(18(27)28)24(15)17(13)26)23-19(29)22-9-5-6-12(20)21-7-9/h5-8,10-11,13,15,25H,2-4H2,1H3,(H,27,28)(H2,22,23,29)/t8?,10-,11-,13+,15+/m0/s1. The molecule has 9 nitrogen and oxygen atoms in total. The topological polar surface area (TPSA) is 132 Å². The van der Waals surface area contributed by atoms with Crippen molar-refractivity contribution in [3.63, 3.8) is 0 Å². The van der Waals surface area contributed by atoms with Gasteiger partial charge in [0, 0.05) is 5.92 Å². The summed E-state index contributed by atoms with van der Waals surface area (Å²) in [7, 11) is 0. The molecule has 0 aromatic carbocycles. The maximum Gasteiger partial charge on any atom is 0.352 e. The van der Waals surface area contributed by atoms with E-state index in [-0.39, 0.29) is 23.6 Å². The van der Waals surface area contributed by atoms with Crippen LogP contribution in [0.25, 0.3) is 0 Å². The molecule has 5 atom stereocenters. The second kappa shape index (κ2) is 7.31. The lowest BCUT2D eigenvalue weighted by atomic mass is 9.71. The number of carbonyl (C=O) groups excluding carboxylic acids is 2. The lowest BCUT2D eigenvalue weighted by Gasteiger charge is -2.47. The highest BCUT2D eigenvalue weighted by atomic mass is 35.5. The normalized spacial score (nSPS) is 28.9. The second-order valence-corrected chi connectivity index (χ2v) is 8.02. The van der Waals surface area contributed by atoms with Crippen LogP contribution in [0.5, 0.6) is 0 Å². The third-order valence-corrected chi connectivity index (χ3v) is 6.13. The van der Waals surface area contributed by atoms with Crippen molar-refractivity contribution < 1.29 is 24.6 Å². The number of halogens is 1. The number of anilines is 1. The fraction of sp³-hybridized carbons (Fsp3) is 0.474. The van der Waals surface area contributed by atoms with Crippen molar-refractivity contribution in [2.75, 3.05) is 5.32 Å². The van der Waals surface area contributed by atoms with Gasteiger partial charge in [-0.15, -0.1) is 0 Å². The SMILES string of the molecule is CC(O)[C@H]1C(=O)N2C(C(=O)O)=C3[C@@H](NC(=O)Nc4ccc(Cl)nc4)CCC[C@@H]3[C@H]12. The number of carboxylic acid groups (broad SMARTS) is 1. The largest absolute Gasteiger partial charge is 0.477 e. The Labute approximate surface area is 171 Å². The molecule has 154 valence electrons. The summed E-state index contributed by atoms with van der Waals surface area (Å²) in [5.41, 5.74) is 0.959. The zero-order valence-electron chi connectivity index (χ0n) is 15.6. The van der Waals surface area contributed by atoms with Crippen LogP contribution in [0.15, 0.2) is 29.6 Å². The molecule has 1 aromatic heterocycles. The van der Waals surface area contributed by atoms with Gasteiger partial charge in [-0.2, -0.15) is 0 Å². The number of nitrogens with zero attached hydrogens (tertiary/aromatic N) is 2. The van der Waals surface area contributed by atoms with E-state index in [9.17, 15) is 24.6 Å². The molecule has 10 heteroatoms. The van der Waals surface area contributed by atoms with Crippen LogP contribution in [0.4, 0.5) is 10.5 Å². The summed E-state index contributed by atoms with van der Waals surface area (Å²) in [4.78, 5) is 42.1. The van der Waals surface area contributed by atoms with E-state index in [1.54, 1.807) is 19.1 Å². The van der Waals surface area contributed by atoms with Gasteiger partial charge in [-0.25, -0.2) is 14.6 Å². The number of aliphatic hydroxyl groups excluding tert-OH is 1. The van der Waals surface area contributed by atoms with E-state index in [4.69, 9.17) is 11.6 Å². The van der Waals surface area contributed by atoms with E-state index in [1.807, 2.05) is 0 Å². The fourth-order valence-corrected chi connectivity index (χ4v) is 4.92. The van der Waals surface area contributed by atoms with Crippen molar-refractivity contribution in [1.82, 2.24) is 15.2 Å². The summed E-state index contributed by atoms with van der Waals surface area (Å²) in [5, 5.41) is 25.5. The van der Waals surface area contributed by atoms with E-state index >= 15 is 0 Å². The van der Waals surface area contributed by atoms with Crippen molar-refractivity contribution in [1.29, 1.82) is 0 Å². The first kappa shape index (κ1) is 19.7. The molecule has 3 aliphatic rings. The summed E-state index contributed by atoms with van der Waals surface area (Å²) in [5.74, 6) is -2.37. The first-order valence-electron chi connectivity index (χ1n) is 9.47. The first-order valence-corrected chi connectivity index (χ1v) is 9.85. The number of rotatable bonds is 4. The number of pyridine rings is 1. The Morgan fingerprint density at radius 1 is 1.34 bits per heavy atom. The first-order chi connectivity index (χ1) is 13.8. The van der Waals surface area contributed by atoms with Crippen LogP contribution in [0.2, 0.25) is 5.15 Å². The third-order valence-electron chi connectivity index (χ3n) is 5.91. The molecule has 29 heavy (non-hydrogen) atoms. The van der Waals surface area contributed by atoms with Crippen molar-refractivity contribution in [2.45, 2.75) is 44.4 Å². The monoisotopic (exact) mass is 420 g/mol. The Morgan fingerprint density at radius 3 is 2.72 bits per heavy atom. The van der Waals surface area contributed by atoms with Gasteiger partial charge in [0.1, 0.15) is 10.9 Å². The second-order valence-electron chi connectivity index (χ2n) is 7.63. The van der Waals surface area contributed by atoms with Gasteiger partial charge in [-0.1, -0.05) is 18.0 Å². The van der Waals surface area contributed by atoms with Crippen LogP contribution in [0, 0.1) is 11.8 Å². The van der Waals surface area contributed by atoms with E-state index < -0.39 is 30.1 Å². The highest BCUT2D eigenvalue weighted by molar-refractivity contribution is 6.29. The molecule has 1 aliphatic carbocycles. The molecule has 2 fully saturated rings. The number of hydrogen-bond donors (Lipinski definition) is 4. The number of urea groups is 1. The maximum atomic E-state index is 12.5. The number of carboxylic acids is 1. The van der Waals surface area contributed by atoms with Gasteiger partial charge in [0.2, 0.25) is 5.91 Å². The smallest absolute Gasteiger partial charge is 0.352 e. The minimum absolute atomic E-state index is 0.0555. The number of nitrogens with one attached hydrogen (secondary N) is 2. The molecule has 1 aromatic rings. The Bertz CT molecular complexity index is 900. The minimum atomic E-state index is -1.19. The van der Waals surface area contributed by atoms with Gasteiger partial charge >= 0.3 is 12.0 Å². The molecule has 4 N–H and O–H groups in total. The zero-order chi connectivity index (χ0) is 20.9. The van der Waals surface area contributed by atoms with Crippen molar-refractivity contribution in [3.05, 3.63) is 34.8 Å². The van der Waals surface area contributed by atoms with Gasteiger partial charge in [-0.05, 0) is 37.5 Å². The van der Waals surface area contributed by atoms with Crippen molar-refractivity contribution in [3.8, 4) is 0 Å². The average Bonchev–Trinajstić information content (AvgIpc) is 2.95. The van der Waals surface area contributed by atoms with Crippen LogP contribution < -0.4 is 10.6 Å². The molecule has 2 aliphatic heterocycles. The van der Waals surface area contributed by atoms with Gasteiger partial charge in [0.05, 0.1) is 36.0 Å². The minimum Gasteiger partial charge on any atom is -0.477 e. The molecular weight excluding hydrogens is 400 g/mol. The molecule has 1 unspecified atom stereocenters. The number of aromatic nitrogens is 1. The van der Waals surface area contributed by atoms with E-state index in [2.05, 4.69) is 15.6 Å². The molecule has 0 radical (unpaired) electrons. The number of aliphatic carboxylic acids is 1. The van der Waals surface area contributed by atoms with Gasteiger partial charge in [0.25, 0.3) is 0 Å². The van der Waals surface area contributed by atoms with Crippen LogP contribution in [-0.4, -0.2) is 56.2 Å². The molecular formula is C19H21ClN4O5. The Balaban J connectivity index is 1.57. The van der Waals surface area contributed by atoms with E-state index in [0.717, 1.165) is 6.42 Å². The van der Waals surface area contributed by atoms with Crippen LogP contribution in [-0.2, 0) is 9.59 Å². The van der Waals surface area contributed by atoms with Crippen molar-refractivity contribution in [2.24, 2.45) is 11.8 Å². The molecule has 0 spiro atoms. The highest BCUT2D eigenvalue weighted by Crippen LogP contribution is 2.52. The fourth-order valence-electron chi connectivity index (χ4n) is 4.81. The van der Waals surface area contributed by atoms with Crippen molar-refractivity contribution >= 4 is 35.2 Å². The number of fused-ring (bicyclic) bond motifs is 3. The zero-order valence-corrected chi connectivity index (χ0v) is 16.4. The molecule has 1 saturated carbocycles. The van der Waals surface area contributed by atoms with Crippen LogP contribution >= 0.6 is 11.6 Å². The number of aliphatic hydroxyl groups is 1. The summed E-state index contributed by atoms with van der Waals surface area (Å²) in [6.07, 6.45) is 2.63. The highest BCUT2D eigenvalue weighted by Gasteiger charge is 2.62. The third kappa shape index (κ3) is 3.24. The summed E-state index contributed by atoms with van der Waals surface area (Å²) >= 11 is 5.74. The van der Waals surface area contributed by atoms with Crippen LogP contribution in [0.1, 0.15) is 26.2 Å². The Kier molecular flexibility index (Phi) is 4.95. The number of amides is 3. The molecule has 3 heterocycles. The van der Waals surface area contributed by atoms with Gasteiger partial charge < -0.3 is 25.7 Å². The quantitative estimate of drug-likeness (QED) is 0.432. The average molecular weight is 421 g/mol. The number of carbonyl (C=O) groups is 3.